The molecule has 0 aromatic heterocycles. The van der Waals surface area contributed by atoms with E-state index in [0.717, 1.165) is 12.0 Å². The molecule has 0 amide bonds. The van der Waals surface area contributed by atoms with Gasteiger partial charge in [-0.2, -0.15) is 0 Å². The summed E-state index contributed by atoms with van der Waals surface area (Å²) < 4.78 is 38.5. The highest BCUT2D eigenvalue weighted by Crippen LogP contribution is 2.17. The Balaban J connectivity index is 1.85. The van der Waals surface area contributed by atoms with Gasteiger partial charge < -0.3 is 14.2 Å². The molecule has 0 N–H and O–H groups in total. The number of benzene rings is 2. The van der Waals surface area contributed by atoms with E-state index in [1.165, 1.54) is 24.3 Å². The average Bonchev–Trinajstić information content (AvgIpc) is 2.58. The van der Waals surface area contributed by atoms with Crippen molar-refractivity contribution in [2.24, 2.45) is 0 Å². The summed E-state index contributed by atoms with van der Waals surface area (Å²) in [7, 11) is -1.79. The molecule has 2 aromatic carbocycles. The smallest absolute Gasteiger partial charge is 0.338 e. The topological polar surface area (TPSA) is 78.9 Å². The highest BCUT2D eigenvalue weighted by atomic mass is 32.2. The number of hydrogen-bond donors (Lipinski definition) is 0. The number of hydrogen-bond acceptors (Lipinski definition) is 6. The molecular weight excluding hydrogens is 332 g/mol. The van der Waals surface area contributed by atoms with Gasteiger partial charge in [0, 0.05) is 6.26 Å². The van der Waals surface area contributed by atoms with Gasteiger partial charge in [-0.05, 0) is 42.5 Å². The van der Waals surface area contributed by atoms with Gasteiger partial charge in [-0.15, -0.1) is 0 Å². The lowest BCUT2D eigenvalue weighted by atomic mass is 10.2. The van der Waals surface area contributed by atoms with Crippen molar-refractivity contribution in [3.63, 3.8) is 0 Å². The maximum atomic E-state index is 11.9. The van der Waals surface area contributed by atoms with Crippen molar-refractivity contribution >= 4 is 15.8 Å². The van der Waals surface area contributed by atoms with Crippen LogP contribution in [0.25, 0.3) is 0 Å². The maximum Gasteiger partial charge on any atom is 0.338 e. The molecule has 2 aromatic rings. The summed E-state index contributed by atoms with van der Waals surface area (Å²) in [5.74, 6) is 0.754. The van der Waals surface area contributed by atoms with Gasteiger partial charge in [0.25, 0.3) is 0 Å². The van der Waals surface area contributed by atoms with Gasteiger partial charge in [0.2, 0.25) is 0 Å². The Hall–Kier alpha value is -2.54. The van der Waals surface area contributed by atoms with E-state index in [1.807, 2.05) is 0 Å². The molecule has 0 atom stereocenters. The zero-order valence-electron chi connectivity index (χ0n) is 13.4. The first-order chi connectivity index (χ1) is 11.4. The number of esters is 1. The first-order valence-electron chi connectivity index (χ1n) is 7.14. The largest absolute Gasteiger partial charge is 0.497 e. The predicted octanol–water partition coefficient (Wildman–Crippen LogP) is 2.33. The number of methoxy groups -OCH3 is 1. The standard InChI is InChI=1S/C17H18O6S/c1-21-14-6-8-15(9-7-14)22-10-11-23-17(18)13-4-3-5-16(12-13)24(2,19)20/h3-9,12H,10-11H2,1-2H3. The SMILES string of the molecule is COc1ccc(OCCOC(=O)c2cccc(S(C)(=O)=O)c2)cc1. The normalized spacial score (nSPS) is 10.9. The van der Waals surface area contributed by atoms with Crippen LogP contribution in [0.15, 0.2) is 53.4 Å². The molecule has 0 radical (unpaired) electrons. The summed E-state index contributed by atoms with van der Waals surface area (Å²) in [4.78, 5) is 12.0. The molecule has 24 heavy (non-hydrogen) atoms. The molecule has 128 valence electrons. The third-order valence-corrected chi connectivity index (χ3v) is 4.25. The van der Waals surface area contributed by atoms with Gasteiger partial charge in [-0.3, -0.25) is 0 Å². The van der Waals surface area contributed by atoms with E-state index in [2.05, 4.69) is 0 Å². The number of carbonyl (C=O) groups excluding carboxylic acids is 1. The van der Waals surface area contributed by atoms with Crippen LogP contribution >= 0.6 is 0 Å². The Morgan fingerprint density at radius 2 is 1.67 bits per heavy atom. The summed E-state index contributed by atoms with van der Waals surface area (Å²) in [6, 6.07) is 12.7. The Bertz CT molecular complexity index is 796. The van der Waals surface area contributed by atoms with Crippen LogP contribution < -0.4 is 9.47 Å². The molecule has 0 fully saturated rings. The zero-order chi connectivity index (χ0) is 17.6. The first kappa shape index (κ1) is 17.8. The summed E-state index contributed by atoms with van der Waals surface area (Å²) in [5, 5.41) is 0. The van der Waals surface area contributed by atoms with E-state index in [0.29, 0.717) is 5.75 Å². The van der Waals surface area contributed by atoms with Crippen LogP contribution in [0.1, 0.15) is 10.4 Å². The fourth-order valence-electron chi connectivity index (χ4n) is 1.90. The van der Waals surface area contributed by atoms with Gasteiger partial charge in [-0.1, -0.05) is 6.07 Å². The number of sulfone groups is 1. The lowest BCUT2D eigenvalue weighted by Gasteiger charge is -2.08. The summed E-state index contributed by atoms with van der Waals surface area (Å²) in [6.07, 6.45) is 1.08. The van der Waals surface area contributed by atoms with E-state index >= 15 is 0 Å². The molecule has 0 saturated carbocycles. The number of rotatable bonds is 7. The fraction of sp³-hybridized carbons (Fsp3) is 0.235. The van der Waals surface area contributed by atoms with Crippen LogP contribution in [-0.4, -0.2) is 41.0 Å². The molecule has 0 heterocycles. The highest BCUT2D eigenvalue weighted by molar-refractivity contribution is 7.90. The maximum absolute atomic E-state index is 11.9. The second-order valence-corrected chi connectivity index (χ2v) is 6.98. The van der Waals surface area contributed by atoms with E-state index in [-0.39, 0.29) is 23.7 Å². The Labute approximate surface area is 140 Å². The van der Waals surface area contributed by atoms with Crippen molar-refractivity contribution in [2.45, 2.75) is 4.90 Å². The van der Waals surface area contributed by atoms with Crippen LogP contribution in [-0.2, 0) is 14.6 Å². The first-order valence-corrected chi connectivity index (χ1v) is 9.03. The van der Waals surface area contributed by atoms with Gasteiger partial charge >= 0.3 is 5.97 Å². The van der Waals surface area contributed by atoms with E-state index in [9.17, 15) is 13.2 Å². The highest BCUT2D eigenvalue weighted by Gasteiger charge is 2.12. The van der Waals surface area contributed by atoms with Crippen molar-refractivity contribution in [2.75, 3.05) is 26.6 Å². The third-order valence-electron chi connectivity index (χ3n) is 3.14. The zero-order valence-corrected chi connectivity index (χ0v) is 14.2. The average molecular weight is 350 g/mol. The Kier molecular flexibility index (Phi) is 5.81. The van der Waals surface area contributed by atoms with Crippen molar-refractivity contribution in [1.29, 1.82) is 0 Å². The minimum atomic E-state index is -3.37. The third kappa shape index (κ3) is 4.99. The predicted molar refractivity (Wildman–Crippen MR) is 88.3 cm³/mol. The van der Waals surface area contributed by atoms with E-state index in [1.54, 1.807) is 31.4 Å². The summed E-state index contributed by atoms with van der Waals surface area (Å²) in [6.45, 7) is 0.234. The van der Waals surface area contributed by atoms with E-state index < -0.39 is 15.8 Å². The monoisotopic (exact) mass is 350 g/mol. The van der Waals surface area contributed by atoms with Crippen molar-refractivity contribution in [3.8, 4) is 11.5 Å². The summed E-state index contributed by atoms with van der Waals surface area (Å²) >= 11 is 0. The minimum Gasteiger partial charge on any atom is -0.497 e. The van der Waals surface area contributed by atoms with Crippen molar-refractivity contribution in [3.05, 3.63) is 54.1 Å². The number of carbonyl (C=O) groups is 1. The molecule has 2 rings (SSSR count). The van der Waals surface area contributed by atoms with Crippen LogP contribution in [0.2, 0.25) is 0 Å². The Morgan fingerprint density at radius 3 is 2.29 bits per heavy atom. The van der Waals surface area contributed by atoms with Crippen LogP contribution in [0.3, 0.4) is 0 Å². The molecule has 6 nitrogen and oxygen atoms in total. The van der Waals surface area contributed by atoms with Gasteiger partial charge in [0.05, 0.1) is 17.6 Å². The molecule has 0 spiro atoms. The molecule has 0 aliphatic carbocycles. The van der Waals surface area contributed by atoms with Crippen molar-refractivity contribution in [1.82, 2.24) is 0 Å². The van der Waals surface area contributed by atoms with Gasteiger partial charge in [0.1, 0.15) is 24.7 Å². The second-order valence-electron chi connectivity index (χ2n) is 4.96. The molecular formula is C17H18O6S. The lowest BCUT2D eigenvalue weighted by Crippen LogP contribution is -2.13. The number of ether oxygens (including phenoxy) is 3. The Morgan fingerprint density at radius 1 is 1.00 bits per heavy atom. The van der Waals surface area contributed by atoms with Gasteiger partial charge in [0.15, 0.2) is 9.84 Å². The van der Waals surface area contributed by atoms with Crippen LogP contribution in [0.4, 0.5) is 0 Å². The quantitative estimate of drug-likeness (QED) is 0.563. The molecule has 0 aliphatic rings. The lowest BCUT2D eigenvalue weighted by molar-refractivity contribution is 0.0450. The fourth-order valence-corrected chi connectivity index (χ4v) is 2.57. The molecule has 0 aliphatic heterocycles. The van der Waals surface area contributed by atoms with Crippen LogP contribution in [0.5, 0.6) is 11.5 Å². The molecule has 0 saturated heterocycles. The van der Waals surface area contributed by atoms with Crippen molar-refractivity contribution < 1.29 is 27.4 Å². The van der Waals surface area contributed by atoms with Gasteiger partial charge in [-0.25, -0.2) is 13.2 Å². The summed E-state index contributed by atoms with van der Waals surface area (Å²) in [5.41, 5.74) is 0.183. The van der Waals surface area contributed by atoms with E-state index in [4.69, 9.17) is 14.2 Å². The second kappa shape index (κ2) is 7.83. The molecule has 0 bridgehead atoms. The molecule has 7 heteroatoms. The van der Waals surface area contributed by atoms with Crippen LogP contribution in [0, 0.1) is 0 Å². The molecule has 0 unspecified atom stereocenters. The minimum absolute atomic E-state index is 0.0496.